The van der Waals surface area contributed by atoms with Crippen molar-refractivity contribution >= 4 is 28.3 Å². The standard InChI is InChI=1S/C21H19N7/c22-11-12-27-14-23-17-10-9-15(13-19(17)27)18-7-4-8-20-25-21(26-28(18)20)24-16-5-2-1-3-6-16/h1-10,13-14H,11-12,22H2,(H,24,26). The molecule has 138 valence electrons. The predicted molar refractivity (Wildman–Crippen MR) is 110 cm³/mol. The van der Waals surface area contributed by atoms with E-state index in [4.69, 9.17) is 5.73 Å². The molecular formula is C21H19N7. The summed E-state index contributed by atoms with van der Waals surface area (Å²) >= 11 is 0. The van der Waals surface area contributed by atoms with Gasteiger partial charge < -0.3 is 15.6 Å². The molecule has 0 radical (unpaired) electrons. The van der Waals surface area contributed by atoms with Crippen LogP contribution in [0.1, 0.15) is 0 Å². The third-order valence-corrected chi connectivity index (χ3v) is 4.68. The van der Waals surface area contributed by atoms with Gasteiger partial charge in [-0.15, -0.1) is 5.10 Å². The lowest BCUT2D eigenvalue weighted by atomic mass is 10.1. The predicted octanol–water partition coefficient (Wildman–Crippen LogP) is 3.45. The lowest BCUT2D eigenvalue weighted by Crippen LogP contribution is -2.08. The number of nitrogens with zero attached hydrogens (tertiary/aromatic N) is 5. The Kier molecular flexibility index (Phi) is 3.99. The van der Waals surface area contributed by atoms with Gasteiger partial charge in [-0.1, -0.05) is 30.3 Å². The maximum Gasteiger partial charge on any atom is 0.247 e. The number of rotatable bonds is 5. The summed E-state index contributed by atoms with van der Waals surface area (Å²) in [4.78, 5) is 9.05. The number of pyridine rings is 1. The number of para-hydroxylation sites is 1. The Morgan fingerprint density at radius 1 is 0.964 bits per heavy atom. The monoisotopic (exact) mass is 369 g/mol. The fraction of sp³-hybridized carbons (Fsp3) is 0.0952. The molecule has 0 saturated heterocycles. The van der Waals surface area contributed by atoms with Crippen LogP contribution in [-0.2, 0) is 6.54 Å². The zero-order chi connectivity index (χ0) is 18.9. The molecule has 0 aliphatic carbocycles. The summed E-state index contributed by atoms with van der Waals surface area (Å²) in [6.07, 6.45) is 1.83. The van der Waals surface area contributed by atoms with Crippen LogP contribution in [0, 0.1) is 0 Å². The Morgan fingerprint density at radius 3 is 2.71 bits per heavy atom. The van der Waals surface area contributed by atoms with Crippen molar-refractivity contribution in [3.05, 3.63) is 73.1 Å². The van der Waals surface area contributed by atoms with E-state index >= 15 is 0 Å². The van der Waals surface area contributed by atoms with Crippen LogP contribution in [0.15, 0.2) is 73.1 Å². The second kappa shape index (κ2) is 6.79. The van der Waals surface area contributed by atoms with E-state index in [-0.39, 0.29) is 0 Å². The molecule has 7 nitrogen and oxygen atoms in total. The van der Waals surface area contributed by atoms with Crippen molar-refractivity contribution in [1.82, 2.24) is 24.1 Å². The highest BCUT2D eigenvalue weighted by atomic mass is 15.4. The van der Waals surface area contributed by atoms with E-state index in [0.29, 0.717) is 12.5 Å². The average Bonchev–Trinajstić information content (AvgIpc) is 3.32. The van der Waals surface area contributed by atoms with Crippen molar-refractivity contribution < 1.29 is 0 Å². The molecule has 0 fully saturated rings. The number of nitrogens with one attached hydrogen (secondary N) is 1. The van der Waals surface area contributed by atoms with Gasteiger partial charge in [0, 0.05) is 24.3 Å². The molecular weight excluding hydrogens is 350 g/mol. The Bertz CT molecular complexity index is 1250. The van der Waals surface area contributed by atoms with Gasteiger partial charge in [-0.2, -0.15) is 4.98 Å². The summed E-state index contributed by atoms with van der Waals surface area (Å²) in [5.74, 6) is 0.563. The lowest BCUT2D eigenvalue weighted by molar-refractivity contribution is 0.728. The van der Waals surface area contributed by atoms with Crippen LogP contribution in [0.4, 0.5) is 11.6 Å². The summed E-state index contributed by atoms with van der Waals surface area (Å²) in [5.41, 5.74) is 11.5. The molecule has 7 heteroatoms. The number of imidazole rings is 1. The highest BCUT2D eigenvalue weighted by molar-refractivity contribution is 5.82. The molecule has 0 bridgehead atoms. The third-order valence-electron chi connectivity index (χ3n) is 4.68. The maximum absolute atomic E-state index is 5.72. The van der Waals surface area contributed by atoms with Crippen molar-refractivity contribution in [1.29, 1.82) is 0 Å². The second-order valence-corrected chi connectivity index (χ2v) is 6.54. The number of benzene rings is 2. The summed E-state index contributed by atoms with van der Waals surface area (Å²) in [6, 6.07) is 22.1. The Morgan fingerprint density at radius 2 is 1.86 bits per heavy atom. The Balaban J connectivity index is 1.59. The molecule has 3 aromatic heterocycles. The van der Waals surface area contributed by atoms with Gasteiger partial charge in [0.15, 0.2) is 5.65 Å². The fourth-order valence-electron chi connectivity index (χ4n) is 3.36. The molecule has 3 N–H and O–H groups in total. The largest absolute Gasteiger partial charge is 0.329 e. The van der Waals surface area contributed by atoms with Crippen LogP contribution in [0.3, 0.4) is 0 Å². The van der Waals surface area contributed by atoms with Gasteiger partial charge in [0.1, 0.15) is 0 Å². The normalized spacial score (nSPS) is 11.3. The number of hydrogen-bond donors (Lipinski definition) is 2. The minimum atomic E-state index is 0.563. The first-order chi connectivity index (χ1) is 13.8. The number of nitrogens with two attached hydrogens (primary N) is 1. The van der Waals surface area contributed by atoms with Crippen LogP contribution >= 0.6 is 0 Å². The fourth-order valence-corrected chi connectivity index (χ4v) is 3.36. The van der Waals surface area contributed by atoms with Crippen molar-refractivity contribution in [2.75, 3.05) is 11.9 Å². The van der Waals surface area contributed by atoms with E-state index in [0.717, 1.165) is 40.2 Å². The van der Waals surface area contributed by atoms with Crippen molar-refractivity contribution in [2.24, 2.45) is 5.73 Å². The first kappa shape index (κ1) is 16.5. The Labute approximate surface area is 161 Å². The molecule has 3 heterocycles. The highest BCUT2D eigenvalue weighted by Crippen LogP contribution is 2.25. The number of fused-ring (bicyclic) bond motifs is 2. The van der Waals surface area contributed by atoms with Crippen LogP contribution in [0.25, 0.3) is 27.9 Å². The van der Waals surface area contributed by atoms with E-state index in [9.17, 15) is 0 Å². The summed E-state index contributed by atoms with van der Waals surface area (Å²) in [6.45, 7) is 1.31. The van der Waals surface area contributed by atoms with Gasteiger partial charge in [-0.25, -0.2) is 9.50 Å². The molecule has 0 atom stereocenters. The molecule has 5 rings (SSSR count). The highest BCUT2D eigenvalue weighted by Gasteiger charge is 2.11. The zero-order valence-corrected chi connectivity index (χ0v) is 15.2. The number of anilines is 2. The average molecular weight is 369 g/mol. The van der Waals surface area contributed by atoms with Crippen molar-refractivity contribution in [3.8, 4) is 11.3 Å². The van der Waals surface area contributed by atoms with Crippen LogP contribution in [0.2, 0.25) is 0 Å². The third kappa shape index (κ3) is 2.87. The molecule has 0 aliphatic rings. The van der Waals surface area contributed by atoms with Crippen molar-refractivity contribution in [2.45, 2.75) is 6.54 Å². The summed E-state index contributed by atoms with van der Waals surface area (Å²) < 4.78 is 3.93. The van der Waals surface area contributed by atoms with E-state index < -0.39 is 0 Å². The molecule has 28 heavy (non-hydrogen) atoms. The summed E-state index contributed by atoms with van der Waals surface area (Å²) in [5, 5.41) is 7.92. The topological polar surface area (TPSA) is 86.1 Å². The van der Waals surface area contributed by atoms with Crippen LogP contribution in [-0.4, -0.2) is 30.7 Å². The quantitative estimate of drug-likeness (QED) is 0.496. The SMILES string of the molecule is NCCn1cnc2ccc(-c3cccc4nc(Nc5ccccc5)nn34)cc21. The van der Waals surface area contributed by atoms with E-state index in [1.807, 2.05) is 65.4 Å². The van der Waals surface area contributed by atoms with Crippen LogP contribution in [0.5, 0.6) is 0 Å². The summed E-state index contributed by atoms with van der Waals surface area (Å²) in [7, 11) is 0. The molecule has 5 aromatic rings. The van der Waals surface area contributed by atoms with E-state index in [1.54, 1.807) is 0 Å². The van der Waals surface area contributed by atoms with Gasteiger partial charge in [0.2, 0.25) is 5.95 Å². The lowest BCUT2D eigenvalue weighted by Gasteiger charge is -2.06. The minimum absolute atomic E-state index is 0.563. The van der Waals surface area contributed by atoms with Crippen molar-refractivity contribution in [3.63, 3.8) is 0 Å². The number of aromatic nitrogens is 5. The smallest absolute Gasteiger partial charge is 0.247 e. The molecule has 0 spiro atoms. The molecule has 0 aliphatic heterocycles. The minimum Gasteiger partial charge on any atom is -0.329 e. The van der Waals surface area contributed by atoms with E-state index in [1.165, 1.54) is 0 Å². The number of hydrogen-bond acceptors (Lipinski definition) is 5. The van der Waals surface area contributed by atoms with Gasteiger partial charge in [-0.05, 0) is 36.4 Å². The first-order valence-electron chi connectivity index (χ1n) is 9.15. The van der Waals surface area contributed by atoms with Gasteiger partial charge in [0.05, 0.1) is 23.1 Å². The van der Waals surface area contributed by atoms with Gasteiger partial charge in [-0.3, -0.25) is 0 Å². The molecule has 0 unspecified atom stereocenters. The van der Waals surface area contributed by atoms with Crippen LogP contribution < -0.4 is 11.1 Å². The first-order valence-corrected chi connectivity index (χ1v) is 9.15. The zero-order valence-electron chi connectivity index (χ0n) is 15.2. The Hall–Kier alpha value is -3.71. The van der Waals surface area contributed by atoms with Gasteiger partial charge in [0.25, 0.3) is 0 Å². The molecule has 0 saturated carbocycles. The second-order valence-electron chi connectivity index (χ2n) is 6.54. The maximum atomic E-state index is 5.72. The molecule has 0 amide bonds. The van der Waals surface area contributed by atoms with E-state index in [2.05, 4.69) is 37.1 Å². The van der Waals surface area contributed by atoms with Gasteiger partial charge >= 0.3 is 0 Å². The molecule has 2 aromatic carbocycles.